The molecule has 0 radical (unpaired) electrons. The molecule has 1 heterocycles. The lowest BCUT2D eigenvalue weighted by molar-refractivity contribution is -0.132. The molecule has 1 amide bonds. The standard InChI is InChI=1S/C11H15N3O3/c1-6(11(16)17)4-5-12-10(15)9-7(2)13-14-8(9)3/h1,4-5H2,2-3H3,(H,12,15)(H,13,14)(H,16,17). The number of aryl methyl sites for hydroxylation is 2. The van der Waals surface area contributed by atoms with E-state index in [4.69, 9.17) is 5.11 Å². The summed E-state index contributed by atoms with van der Waals surface area (Å²) in [6.07, 6.45) is 0.219. The molecular weight excluding hydrogens is 222 g/mol. The van der Waals surface area contributed by atoms with Crippen LogP contribution in [0.5, 0.6) is 0 Å². The zero-order valence-electron chi connectivity index (χ0n) is 9.83. The second kappa shape index (κ2) is 5.29. The van der Waals surface area contributed by atoms with Crippen molar-refractivity contribution in [3.05, 3.63) is 29.1 Å². The van der Waals surface area contributed by atoms with E-state index in [2.05, 4.69) is 22.1 Å². The highest BCUT2D eigenvalue weighted by molar-refractivity contribution is 5.96. The number of aromatic nitrogens is 2. The number of hydrogen-bond acceptors (Lipinski definition) is 3. The number of nitrogens with one attached hydrogen (secondary N) is 2. The first-order valence-corrected chi connectivity index (χ1v) is 5.14. The molecule has 6 nitrogen and oxygen atoms in total. The van der Waals surface area contributed by atoms with Crippen LogP contribution < -0.4 is 5.32 Å². The first kappa shape index (κ1) is 13.0. The molecule has 1 aromatic rings. The minimum atomic E-state index is -1.05. The smallest absolute Gasteiger partial charge is 0.331 e. The molecule has 0 atom stereocenters. The van der Waals surface area contributed by atoms with E-state index in [1.54, 1.807) is 13.8 Å². The number of carboxylic acid groups (broad SMARTS) is 1. The van der Waals surface area contributed by atoms with E-state index in [1.165, 1.54) is 0 Å². The molecule has 17 heavy (non-hydrogen) atoms. The number of carbonyl (C=O) groups excluding carboxylic acids is 1. The number of carboxylic acids is 1. The molecule has 0 bridgehead atoms. The van der Waals surface area contributed by atoms with Crippen LogP contribution in [0.15, 0.2) is 12.2 Å². The Morgan fingerprint density at radius 3 is 2.59 bits per heavy atom. The molecule has 0 unspecified atom stereocenters. The Bertz CT molecular complexity index is 443. The molecular formula is C11H15N3O3. The average Bonchev–Trinajstić information content (AvgIpc) is 2.58. The van der Waals surface area contributed by atoms with Crippen LogP contribution in [0.3, 0.4) is 0 Å². The molecule has 0 saturated heterocycles. The number of aromatic amines is 1. The normalized spacial score (nSPS) is 10.0. The topological polar surface area (TPSA) is 95.1 Å². The Kier molecular flexibility index (Phi) is 4.03. The summed E-state index contributed by atoms with van der Waals surface area (Å²) in [4.78, 5) is 22.2. The van der Waals surface area contributed by atoms with E-state index in [9.17, 15) is 9.59 Å². The van der Waals surface area contributed by atoms with E-state index in [0.717, 1.165) is 0 Å². The van der Waals surface area contributed by atoms with Gasteiger partial charge in [-0.2, -0.15) is 5.10 Å². The largest absolute Gasteiger partial charge is 0.478 e. The van der Waals surface area contributed by atoms with Crippen LogP contribution in [0.25, 0.3) is 0 Å². The van der Waals surface area contributed by atoms with Crippen LogP contribution in [-0.4, -0.2) is 33.7 Å². The third-order valence-electron chi connectivity index (χ3n) is 2.37. The van der Waals surface area contributed by atoms with E-state index >= 15 is 0 Å². The third-order valence-corrected chi connectivity index (χ3v) is 2.37. The summed E-state index contributed by atoms with van der Waals surface area (Å²) in [5, 5.41) is 17.8. The van der Waals surface area contributed by atoms with Crippen molar-refractivity contribution in [2.45, 2.75) is 20.3 Å². The molecule has 0 saturated carbocycles. The highest BCUT2D eigenvalue weighted by atomic mass is 16.4. The van der Waals surface area contributed by atoms with E-state index in [1.807, 2.05) is 0 Å². The van der Waals surface area contributed by atoms with Crippen LogP contribution >= 0.6 is 0 Å². The van der Waals surface area contributed by atoms with Crippen molar-refractivity contribution < 1.29 is 14.7 Å². The Morgan fingerprint density at radius 1 is 1.47 bits per heavy atom. The van der Waals surface area contributed by atoms with E-state index in [-0.39, 0.29) is 24.4 Å². The summed E-state index contributed by atoms with van der Waals surface area (Å²) in [7, 11) is 0. The molecule has 0 aliphatic rings. The van der Waals surface area contributed by atoms with Crippen molar-refractivity contribution >= 4 is 11.9 Å². The molecule has 0 aliphatic carbocycles. The van der Waals surface area contributed by atoms with Gasteiger partial charge in [-0.15, -0.1) is 0 Å². The highest BCUT2D eigenvalue weighted by Crippen LogP contribution is 2.08. The highest BCUT2D eigenvalue weighted by Gasteiger charge is 2.14. The van der Waals surface area contributed by atoms with Gasteiger partial charge in [-0.05, 0) is 20.3 Å². The van der Waals surface area contributed by atoms with E-state index < -0.39 is 5.97 Å². The second-order valence-electron chi connectivity index (χ2n) is 3.72. The summed E-state index contributed by atoms with van der Waals surface area (Å²) < 4.78 is 0. The Labute approximate surface area is 98.7 Å². The van der Waals surface area contributed by atoms with Gasteiger partial charge in [0.2, 0.25) is 0 Å². The van der Waals surface area contributed by atoms with Gasteiger partial charge in [-0.1, -0.05) is 6.58 Å². The fourth-order valence-electron chi connectivity index (χ4n) is 1.41. The number of aliphatic carboxylic acids is 1. The predicted octanol–water partition coefficient (Wildman–Crippen LogP) is 0.787. The number of hydrogen-bond donors (Lipinski definition) is 3. The van der Waals surface area contributed by atoms with Crippen LogP contribution in [0.1, 0.15) is 28.2 Å². The lowest BCUT2D eigenvalue weighted by atomic mass is 10.1. The number of amides is 1. The van der Waals surface area contributed by atoms with Crippen molar-refractivity contribution in [1.29, 1.82) is 0 Å². The van der Waals surface area contributed by atoms with Crippen LogP contribution in [0.4, 0.5) is 0 Å². The molecule has 0 fully saturated rings. The zero-order valence-corrected chi connectivity index (χ0v) is 9.83. The van der Waals surface area contributed by atoms with Gasteiger partial charge in [0.15, 0.2) is 0 Å². The summed E-state index contributed by atoms with van der Waals surface area (Å²) in [5.41, 5.74) is 1.89. The van der Waals surface area contributed by atoms with Gasteiger partial charge in [0.25, 0.3) is 5.91 Å². The average molecular weight is 237 g/mol. The Hall–Kier alpha value is -2.11. The summed E-state index contributed by atoms with van der Waals surface area (Å²) in [6, 6.07) is 0. The first-order valence-electron chi connectivity index (χ1n) is 5.14. The number of nitrogens with zero attached hydrogens (tertiary/aromatic N) is 1. The summed E-state index contributed by atoms with van der Waals surface area (Å²) >= 11 is 0. The van der Waals surface area contributed by atoms with Crippen molar-refractivity contribution in [2.24, 2.45) is 0 Å². The predicted molar refractivity (Wildman–Crippen MR) is 61.8 cm³/mol. The van der Waals surface area contributed by atoms with Gasteiger partial charge in [-0.25, -0.2) is 4.79 Å². The summed E-state index contributed by atoms with van der Waals surface area (Å²) in [6.45, 7) is 7.11. The van der Waals surface area contributed by atoms with Gasteiger partial charge < -0.3 is 10.4 Å². The van der Waals surface area contributed by atoms with Gasteiger partial charge in [0, 0.05) is 17.8 Å². The van der Waals surface area contributed by atoms with Crippen LogP contribution in [-0.2, 0) is 4.79 Å². The third kappa shape index (κ3) is 3.17. The van der Waals surface area contributed by atoms with Crippen molar-refractivity contribution in [3.8, 4) is 0 Å². The lowest BCUT2D eigenvalue weighted by Gasteiger charge is -2.05. The van der Waals surface area contributed by atoms with Gasteiger partial charge in [-0.3, -0.25) is 9.89 Å². The van der Waals surface area contributed by atoms with Gasteiger partial charge >= 0.3 is 5.97 Å². The minimum absolute atomic E-state index is 0.0749. The molecule has 92 valence electrons. The van der Waals surface area contributed by atoms with Gasteiger partial charge in [0.1, 0.15) is 0 Å². The maximum atomic E-state index is 11.8. The van der Waals surface area contributed by atoms with Gasteiger partial charge in [0.05, 0.1) is 11.3 Å². The van der Waals surface area contributed by atoms with Crippen molar-refractivity contribution in [1.82, 2.24) is 15.5 Å². The van der Waals surface area contributed by atoms with Crippen molar-refractivity contribution in [3.63, 3.8) is 0 Å². The monoisotopic (exact) mass is 237 g/mol. The Balaban J connectivity index is 2.51. The lowest BCUT2D eigenvalue weighted by Crippen LogP contribution is -2.26. The second-order valence-corrected chi connectivity index (χ2v) is 3.72. The molecule has 3 N–H and O–H groups in total. The first-order chi connectivity index (χ1) is 7.93. The molecule has 1 aromatic heterocycles. The molecule has 0 spiro atoms. The quantitative estimate of drug-likeness (QED) is 0.660. The van der Waals surface area contributed by atoms with Crippen molar-refractivity contribution in [2.75, 3.05) is 6.54 Å². The SMILES string of the molecule is C=C(CCNC(=O)c1c(C)n[nH]c1C)C(=O)O. The number of H-pyrrole nitrogens is 1. The maximum absolute atomic E-state index is 11.8. The molecule has 0 aliphatic heterocycles. The number of rotatable bonds is 5. The number of carbonyl (C=O) groups is 2. The fourth-order valence-corrected chi connectivity index (χ4v) is 1.41. The molecule has 0 aromatic carbocycles. The maximum Gasteiger partial charge on any atom is 0.331 e. The fraction of sp³-hybridized carbons (Fsp3) is 0.364. The molecule has 6 heteroatoms. The van der Waals surface area contributed by atoms with E-state index in [0.29, 0.717) is 17.0 Å². The summed E-state index contributed by atoms with van der Waals surface area (Å²) in [5.74, 6) is -1.30. The zero-order chi connectivity index (χ0) is 13.0. The van der Waals surface area contributed by atoms with Crippen LogP contribution in [0, 0.1) is 13.8 Å². The molecule has 1 rings (SSSR count). The Morgan fingerprint density at radius 2 is 2.12 bits per heavy atom. The minimum Gasteiger partial charge on any atom is -0.478 e. The van der Waals surface area contributed by atoms with Crippen LogP contribution in [0.2, 0.25) is 0 Å².